The fourth-order valence-corrected chi connectivity index (χ4v) is 4.81. The quantitative estimate of drug-likeness (QED) is 0.720. The highest BCUT2D eigenvalue weighted by atomic mass is 16.3. The maximum atomic E-state index is 11.0. The molecule has 0 aromatic rings. The van der Waals surface area contributed by atoms with E-state index in [1.807, 2.05) is 0 Å². The molecule has 1 N–H and O–H groups in total. The predicted octanol–water partition coefficient (Wildman–Crippen LogP) is 3.57. The molecule has 0 aliphatic heterocycles. The minimum Gasteiger partial charge on any atom is -0.389 e. The minimum atomic E-state index is -0.372. The molecule has 4 aliphatic carbocycles. The summed E-state index contributed by atoms with van der Waals surface area (Å²) in [7, 11) is 0. The van der Waals surface area contributed by atoms with Crippen LogP contribution >= 0.6 is 0 Å². The van der Waals surface area contributed by atoms with Crippen LogP contribution in [0.15, 0.2) is 0 Å². The first-order chi connectivity index (χ1) is 7.72. The van der Waals surface area contributed by atoms with Gasteiger partial charge in [0.1, 0.15) is 0 Å². The predicted molar refractivity (Wildman–Crippen MR) is 65.8 cm³/mol. The first-order valence-electron chi connectivity index (χ1n) is 7.29. The molecule has 16 heavy (non-hydrogen) atoms. The lowest BCUT2D eigenvalue weighted by Crippen LogP contribution is -2.57. The molecule has 4 fully saturated rings. The molecular formula is C15H25O. The van der Waals surface area contributed by atoms with Gasteiger partial charge >= 0.3 is 0 Å². The highest BCUT2D eigenvalue weighted by molar-refractivity contribution is 5.12. The molecule has 0 heterocycles. The van der Waals surface area contributed by atoms with Crippen molar-refractivity contribution in [1.29, 1.82) is 0 Å². The maximum absolute atomic E-state index is 11.0. The van der Waals surface area contributed by atoms with Gasteiger partial charge < -0.3 is 5.11 Å². The van der Waals surface area contributed by atoms with Crippen molar-refractivity contribution < 1.29 is 5.11 Å². The van der Waals surface area contributed by atoms with Gasteiger partial charge in [-0.3, -0.25) is 0 Å². The fraction of sp³-hybridized carbons (Fsp3) is 0.933. The minimum absolute atomic E-state index is 0.372. The number of aliphatic hydroxyl groups is 1. The number of unbranched alkanes of at least 4 members (excludes halogenated alkanes) is 2. The normalized spacial score (nSPS) is 49.9. The molecule has 0 aromatic heterocycles. The van der Waals surface area contributed by atoms with Crippen LogP contribution in [0.3, 0.4) is 0 Å². The van der Waals surface area contributed by atoms with Crippen LogP contribution in [0.5, 0.6) is 0 Å². The second-order valence-corrected chi connectivity index (χ2v) is 6.54. The van der Waals surface area contributed by atoms with Crippen LogP contribution in [0.25, 0.3) is 0 Å². The number of hydrogen-bond donors (Lipinski definition) is 1. The monoisotopic (exact) mass is 221 g/mol. The Labute approximate surface area is 99.6 Å². The average molecular weight is 221 g/mol. The number of rotatable bonds is 4. The molecular weight excluding hydrogens is 196 g/mol. The SMILES string of the molecule is CCCC[CH]C1(O)C2CC3CC(C2)CC1C3. The Morgan fingerprint density at radius 1 is 1.06 bits per heavy atom. The topological polar surface area (TPSA) is 20.2 Å². The van der Waals surface area contributed by atoms with E-state index in [4.69, 9.17) is 0 Å². The molecule has 0 saturated heterocycles. The smallest absolute Gasteiger partial charge is 0.0735 e. The Hall–Kier alpha value is -0.0400. The van der Waals surface area contributed by atoms with Gasteiger partial charge in [-0.2, -0.15) is 0 Å². The standard InChI is InChI=1S/C15H25O/c1-2-3-4-5-15(16)13-7-11-6-12(9-13)10-14(15)8-11/h5,11-14,16H,2-4,6-10H2,1H3. The lowest BCUT2D eigenvalue weighted by atomic mass is 9.49. The Kier molecular flexibility index (Phi) is 2.78. The highest BCUT2D eigenvalue weighted by Crippen LogP contribution is 2.59. The van der Waals surface area contributed by atoms with Crippen molar-refractivity contribution in [1.82, 2.24) is 0 Å². The first-order valence-corrected chi connectivity index (χ1v) is 7.29. The third kappa shape index (κ3) is 1.63. The van der Waals surface area contributed by atoms with E-state index >= 15 is 0 Å². The largest absolute Gasteiger partial charge is 0.389 e. The average Bonchev–Trinajstić information content (AvgIpc) is 2.25. The summed E-state index contributed by atoms with van der Waals surface area (Å²) >= 11 is 0. The summed E-state index contributed by atoms with van der Waals surface area (Å²) in [6.07, 6.45) is 12.6. The van der Waals surface area contributed by atoms with Gasteiger partial charge in [-0.25, -0.2) is 0 Å². The van der Waals surface area contributed by atoms with Crippen molar-refractivity contribution in [3.8, 4) is 0 Å². The van der Waals surface area contributed by atoms with E-state index in [0.717, 1.165) is 18.3 Å². The van der Waals surface area contributed by atoms with Gasteiger partial charge in [-0.1, -0.05) is 19.8 Å². The van der Waals surface area contributed by atoms with E-state index in [1.54, 1.807) is 0 Å². The van der Waals surface area contributed by atoms with Crippen LogP contribution in [-0.2, 0) is 0 Å². The zero-order chi connectivity index (χ0) is 11.2. The zero-order valence-corrected chi connectivity index (χ0v) is 10.5. The van der Waals surface area contributed by atoms with Crippen LogP contribution in [0.4, 0.5) is 0 Å². The van der Waals surface area contributed by atoms with Gasteiger partial charge in [0.2, 0.25) is 0 Å². The summed E-state index contributed by atoms with van der Waals surface area (Å²) in [4.78, 5) is 0. The lowest BCUT2D eigenvalue weighted by Gasteiger charge is -2.59. The molecule has 0 atom stereocenters. The van der Waals surface area contributed by atoms with E-state index < -0.39 is 0 Å². The summed E-state index contributed by atoms with van der Waals surface area (Å²) in [6, 6.07) is 0. The second kappa shape index (κ2) is 4.01. The molecule has 4 bridgehead atoms. The first kappa shape index (κ1) is 11.1. The molecule has 91 valence electrons. The highest BCUT2D eigenvalue weighted by Gasteiger charge is 2.55. The third-order valence-corrected chi connectivity index (χ3v) is 5.48. The van der Waals surface area contributed by atoms with Gasteiger partial charge in [0, 0.05) is 0 Å². The molecule has 1 heteroatoms. The van der Waals surface area contributed by atoms with Crippen molar-refractivity contribution in [3.63, 3.8) is 0 Å². The van der Waals surface area contributed by atoms with Crippen LogP contribution < -0.4 is 0 Å². The second-order valence-electron chi connectivity index (χ2n) is 6.54. The Balaban J connectivity index is 1.70. The van der Waals surface area contributed by atoms with Crippen molar-refractivity contribution in [2.45, 2.75) is 63.9 Å². The summed E-state index contributed by atoms with van der Waals surface area (Å²) < 4.78 is 0. The molecule has 1 nitrogen and oxygen atoms in total. The molecule has 0 amide bonds. The van der Waals surface area contributed by atoms with Gasteiger partial charge in [0.05, 0.1) is 5.60 Å². The van der Waals surface area contributed by atoms with Gasteiger partial charge in [0.15, 0.2) is 0 Å². The molecule has 1 radical (unpaired) electrons. The van der Waals surface area contributed by atoms with Crippen LogP contribution in [0, 0.1) is 30.1 Å². The van der Waals surface area contributed by atoms with E-state index in [9.17, 15) is 5.11 Å². The summed E-state index contributed by atoms with van der Waals surface area (Å²) in [6.45, 7) is 2.23. The molecule has 0 spiro atoms. The van der Waals surface area contributed by atoms with Gasteiger partial charge in [-0.15, -0.1) is 0 Å². The van der Waals surface area contributed by atoms with E-state index in [-0.39, 0.29) is 5.60 Å². The molecule has 0 aromatic carbocycles. The van der Waals surface area contributed by atoms with Crippen LogP contribution in [-0.4, -0.2) is 10.7 Å². The molecule has 4 aliphatic rings. The van der Waals surface area contributed by atoms with Gasteiger partial charge in [0.25, 0.3) is 0 Å². The maximum Gasteiger partial charge on any atom is 0.0735 e. The van der Waals surface area contributed by atoms with Crippen molar-refractivity contribution >= 4 is 0 Å². The molecule has 4 saturated carbocycles. The Morgan fingerprint density at radius 2 is 1.62 bits per heavy atom. The van der Waals surface area contributed by atoms with E-state index in [2.05, 4.69) is 13.3 Å². The zero-order valence-electron chi connectivity index (χ0n) is 10.5. The van der Waals surface area contributed by atoms with E-state index in [1.165, 1.54) is 44.9 Å². The Bertz CT molecular complexity index is 230. The van der Waals surface area contributed by atoms with Crippen molar-refractivity contribution in [3.05, 3.63) is 6.42 Å². The van der Waals surface area contributed by atoms with Crippen molar-refractivity contribution in [2.24, 2.45) is 23.7 Å². The summed E-state index contributed by atoms with van der Waals surface area (Å²) in [5.41, 5.74) is -0.372. The van der Waals surface area contributed by atoms with Gasteiger partial charge in [-0.05, 0) is 68.6 Å². The van der Waals surface area contributed by atoms with Crippen molar-refractivity contribution in [2.75, 3.05) is 0 Å². The van der Waals surface area contributed by atoms with Crippen LogP contribution in [0.2, 0.25) is 0 Å². The summed E-state index contributed by atoms with van der Waals surface area (Å²) in [5.74, 6) is 3.14. The van der Waals surface area contributed by atoms with Crippen LogP contribution in [0.1, 0.15) is 58.3 Å². The third-order valence-electron chi connectivity index (χ3n) is 5.48. The summed E-state index contributed by atoms with van der Waals surface area (Å²) in [5, 5.41) is 11.0. The van der Waals surface area contributed by atoms with E-state index in [0.29, 0.717) is 11.8 Å². The molecule has 0 unspecified atom stereocenters. The lowest BCUT2D eigenvalue weighted by molar-refractivity contribution is -0.153. The Morgan fingerprint density at radius 3 is 2.12 bits per heavy atom. The fourth-order valence-electron chi connectivity index (χ4n) is 4.81. The molecule has 4 rings (SSSR count). The number of hydrogen-bond acceptors (Lipinski definition) is 1.